The number of hydrogen-bond donors (Lipinski definition) is 2. The molecule has 0 aromatic rings. The van der Waals surface area contributed by atoms with Crippen molar-refractivity contribution in [3.8, 4) is 0 Å². The Kier molecular flexibility index (Phi) is 52.8. The third-order valence-corrected chi connectivity index (χ3v) is 16.0. The Bertz CT molecular complexity index is 1160. The van der Waals surface area contributed by atoms with E-state index in [0.29, 0.717) is 74.6 Å². The first-order chi connectivity index (χ1) is 32.3. The van der Waals surface area contributed by atoms with Crippen molar-refractivity contribution in [2.24, 2.45) is 51.8 Å². The number of methoxy groups -OCH3 is 2. The summed E-state index contributed by atoms with van der Waals surface area (Å²) in [6, 6.07) is 0. The van der Waals surface area contributed by atoms with Gasteiger partial charge in [0.1, 0.15) is 0 Å². The molecule has 0 aromatic heterocycles. The van der Waals surface area contributed by atoms with Crippen molar-refractivity contribution >= 4 is 69.4 Å². The van der Waals surface area contributed by atoms with E-state index < -0.39 is 0 Å². The zero-order valence-corrected chi connectivity index (χ0v) is 62.9. The molecule has 6 bridgehead atoms. The molecule has 0 radical (unpaired) electrons. The molecule has 3 saturated carbocycles. The Morgan fingerprint density at radius 1 is 0.529 bits per heavy atom. The maximum atomic E-state index is 7.88. The van der Waals surface area contributed by atoms with E-state index in [0.717, 1.165) is 81.7 Å². The van der Waals surface area contributed by atoms with E-state index in [-0.39, 0.29) is 64.8 Å². The van der Waals surface area contributed by atoms with Gasteiger partial charge in [-0.3, -0.25) is 0 Å². The van der Waals surface area contributed by atoms with E-state index in [1.54, 1.807) is 21.1 Å². The summed E-state index contributed by atoms with van der Waals surface area (Å²) < 4.78 is 44.6. The Labute approximate surface area is 478 Å². The summed E-state index contributed by atoms with van der Waals surface area (Å²) in [5.74, 6) is 3.05. The van der Waals surface area contributed by atoms with Crippen molar-refractivity contribution in [2.75, 3.05) is 67.6 Å². The quantitative estimate of drug-likeness (QED) is 0.136. The van der Waals surface area contributed by atoms with E-state index in [1.807, 2.05) is 55.6 Å². The monoisotopic (exact) mass is 1350 g/mol. The van der Waals surface area contributed by atoms with Crippen molar-refractivity contribution in [2.45, 2.75) is 245 Å². The van der Waals surface area contributed by atoms with Gasteiger partial charge in [-0.1, -0.05) is 138 Å². The summed E-state index contributed by atoms with van der Waals surface area (Å²) in [6.45, 7) is 47.7. The molecule has 428 valence electrons. The molecule has 6 heterocycles. The van der Waals surface area contributed by atoms with Gasteiger partial charge in [0.2, 0.25) is 0 Å². The van der Waals surface area contributed by atoms with Crippen LogP contribution in [-0.4, -0.2) is 148 Å². The molecular weight excluding hydrogens is 1230 g/mol. The molecule has 0 spiro atoms. The summed E-state index contributed by atoms with van der Waals surface area (Å²) in [5.41, 5.74) is -0.0659. The number of halogens is 2. The number of rotatable bonds is 13. The van der Waals surface area contributed by atoms with Gasteiger partial charge < -0.3 is 48.8 Å². The summed E-state index contributed by atoms with van der Waals surface area (Å²) in [6.07, 6.45) is 11.7. The fourth-order valence-electron chi connectivity index (χ4n) is 12.1. The predicted octanol–water partition coefficient (Wildman–Crippen LogP) is 13.0. The molecule has 10 nitrogen and oxygen atoms in total. The van der Waals surface area contributed by atoms with Crippen LogP contribution in [0.1, 0.15) is 210 Å². The molecule has 9 fully saturated rings. The first-order valence-corrected chi connectivity index (χ1v) is 53.0. The molecule has 0 aromatic carbocycles. The van der Waals surface area contributed by atoms with Crippen molar-refractivity contribution < 1.29 is 48.8 Å². The van der Waals surface area contributed by atoms with Crippen LogP contribution in [0.3, 0.4) is 0 Å². The van der Waals surface area contributed by atoms with Crippen LogP contribution in [0, 0.1) is 51.8 Å². The third kappa shape index (κ3) is 21.9. The van der Waals surface area contributed by atoms with E-state index in [9.17, 15) is 0 Å². The summed E-state index contributed by atoms with van der Waals surface area (Å²) >= 11 is 6.74. The normalized spacial score (nSPS) is 37.2. The number of ether oxygens (including phenoxy) is 7. The molecule has 6 saturated heterocycles. The Hall–Kier alpha value is 2.33. The Morgan fingerprint density at radius 3 is 1.24 bits per heavy atom. The van der Waals surface area contributed by atoms with Gasteiger partial charge in [0.25, 0.3) is 0 Å². The van der Waals surface area contributed by atoms with Gasteiger partial charge in [-0.2, -0.15) is 0 Å². The standard InChI is InChI=1S/C39H68O6.C3H8O.C3H8.2C2H6O.3C2H6.CH4.2Ga.2HI.H2O.4H/c1-12-32-35(9)15-28(6)38(44-32,17-26(35)4)24-41-20-30-19-39(22-40-11)31(18-36(30,10)33(13-2)45-39)21-42-23-37-16-25(3)34(8,14-27(37)5)29(7)43-37;1-2-3-4;2*1-3-2;1-2-3;3*1-2;;;;;;;;;;/h25-33H,12-24H2,1-11H3;4H,2-3H2,1H3;3H2,1-2H3;1-2H3;3H,2H2,1H3;3*1-2H3;1H4;;;2*1H;1H2;;;;/q;;;;;;;;;2*+1;;;;;;;/p-2/t25-,26?,27+,28+,29?,30?,31-,32?,33?,34-,35+,36+,37?,38-,39-;;;;;;;;;;;;;;;;;/m1................./s1. The zero-order chi connectivity index (χ0) is 54.2. The van der Waals surface area contributed by atoms with Gasteiger partial charge in [-0.25, -0.2) is 0 Å². The minimum atomic E-state index is -0.342. The number of aliphatic hydroxyl groups excluding tert-OH is 2. The van der Waals surface area contributed by atoms with Crippen LogP contribution in [0.25, 0.3) is 0 Å². The van der Waals surface area contributed by atoms with Crippen LogP contribution in [0.5, 0.6) is 0 Å². The number of hydrogen-bond acceptors (Lipinski definition) is 9. The molecule has 6 aliphatic heterocycles. The second-order valence-electron chi connectivity index (χ2n) is 20.3. The van der Waals surface area contributed by atoms with Gasteiger partial charge in [-0.05, 0) is 117 Å². The van der Waals surface area contributed by atoms with Crippen molar-refractivity contribution in [1.82, 2.24) is 0 Å². The minimum absolute atomic E-state index is 0. The van der Waals surface area contributed by atoms with Crippen molar-refractivity contribution in [3.63, 3.8) is 0 Å². The SMILES string of the molecule is C.CC.CC.CC.CCC.CCC1O[C@@]2(COCC3C[C@]4(COC)OC(CC)[C@@]3(C)C[C@@H]4COCC34C[C@@H](C)[C@@](C)(C[C@@H]3C)C(C)O4)CC(C)[C@]1(C)C[C@@H]2C.CCCO.CCO.COC.O.[GaH2][I].[GaH2][I]. The topological polar surface area (TPSA) is 137 Å². The van der Waals surface area contributed by atoms with Crippen molar-refractivity contribution in [1.29, 1.82) is 0 Å². The number of aliphatic hydroxyl groups is 2. The van der Waals surface area contributed by atoms with Gasteiger partial charge in [0.15, 0.2) is 0 Å². The fraction of sp³-hybridized carbons (Fsp3) is 1.00. The Morgan fingerprint density at radius 2 is 0.871 bits per heavy atom. The van der Waals surface area contributed by atoms with Crippen LogP contribution in [0.4, 0.5) is 0 Å². The van der Waals surface area contributed by atoms with Crippen LogP contribution < -0.4 is 0 Å². The Balaban J connectivity index is -0.000000353. The third-order valence-electron chi connectivity index (χ3n) is 16.0. The van der Waals surface area contributed by atoms with Crippen LogP contribution >= 0.6 is 39.3 Å². The second kappa shape index (κ2) is 44.2. The summed E-state index contributed by atoms with van der Waals surface area (Å²) in [4.78, 5) is 0. The predicted molar refractivity (Wildman–Crippen MR) is 327 cm³/mol. The second-order valence-corrected chi connectivity index (χ2v) is 20.3. The molecule has 0 amide bonds. The fourth-order valence-corrected chi connectivity index (χ4v) is 12.1. The van der Waals surface area contributed by atoms with Gasteiger partial charge >= 0.3 is 69.4 Å². The van der Waals surface area contributed by atoms with Crippen LogP contribution in [-0.2, 0) is 33.2 Å². The molecule has 14 heteroatoms. The van der Waals surface area contributed by atoms with Gasteiger partial charge in [-0.15, -0.1) is 0 Å². The van der Waals surface area contributed by atoms with E-state index in [4.69, 9.17) is 38.6 Å². The van der Waals surface area contributed by atoms with Crippen LogP contribution in [0.15, 0.2) is 0 Å². The first kappa shape index (κ1) is 83.6. The average molecular weight is 1350 g/mol. The van der Waals surface area contributed by atoms with Crippen molar-refractivity contribution in [3.05, 3.63) is 0 Å². The molecule has 9 rings (SSSR count). The molecule has 70 heavy (non-hydrogen) atoms. The number of fused-ring (bicyclic) bond motifs is 9. The molecule has 4 N–H and O–H groups in total. The van der Waals surface area contributed by atoms with E-state index in [1.165, 1.54) is 19.3 Å². The van der Waals surface area contributed by atoms with Gasteiger partial charge in [0, 0.05) is 40.5 Å². The summed E-state index contributed by atoms with van der Waals surface area (Å²) in [5, 5.41) is 15.4. The maximum absolute atomic E-state index is 7.88. The van der Waals surface area contributed by atoms with Crippen LogP contribution in [0.2, 0.25) is 0 Å². The summed E-state index contributed by atoms with van der Waals surface area (Å²) in [7, 11) is 5.08. The molecule has 6 unspecified atom stereocenters. The molecule has 15 atom stereocenters. The average Bonchev–Trinajstić information content (AvgIpc) is 3.33. The zero-order valence-electron chi connectivity index (χ0n) is 50.2. The molecular formula is C56H124Ga2I2O10. The van der Waals surface area contributed by atoms with E-state index in [2.05, 4.69) is 127 Å². The van der Waals surface area contributed by atoms with Gasteiger partial charge in [0.05, 0.1) is 68.1 Å². The molecule has 3 aliphatic carbocycles. The first-order valence-electron chi connectivity index (χ1n) is 27.4. The van der Waals surface area contributed by atoms with E-state index >= 15 is 0 Å². The molecule has 9 aliphatic rings.